The van der Waals surface area contributed by atoms with Crippen LogP contribution in [-0.4, -0.2) is 34.3 Å². The van der Waals surface area contributed by atoms with E-state index < -0.39 is 6.04 Å². The summed E-state index contributed by atoms with van der Waals surface area (Å²) >= 11 is 12.0. The number of para-hydroxylation sites is 1. The molecule has 1 atom stereocenters. The summed E-state index contributed by atoms with van der Waals surface area (Å²) < 4.78 is 0. The summed E-state index contributed by atoms with van der Waals surface area (Å²) in [6, 6.07) is 12.6. The van der Waals surface area contributed by atoms with E-state index in [1.54, 1.807) is 18.2 Å². The number of H-pyrrole nitrogens is 1. The van der Waals surface area contributed by atoms with E-state index in [1.165, 1.54) is 15.8 Å². The number of imide groups is 1. The highest BCUT2D eigenvalue weighted by atomic mass is 35.5. The van der Waals surface area contributed by atoms with Gasteiger partial charge in [-0.25, -0.2) is 4.90 Å². The Morgan fingerprint density at radius 1 is 1.04 bits per heavy atom. The Balaban J connectivity index is 1.42. The summed E-state index contributed by atoms with van der Waals surface area (Å²) in [4.78, 5) is 32.5. The Kier molecular flexibility index (Phi) is 4.19. The normalized spacial score (nSPS) is 20.2. The van der Waals surface area contributed by atoms with Crippen LogP contribution in [0.1, 0.15) is 17.7 Å². The molecule has 1 N–H and O–H groups in total. The number of benzene rings is 2. The average Bonchev–Trinajstić information content (AvgIpc) is 3.20. The van der Waals surface area contributed by atoms with E-state index in [4.69, 9.17) is 23.2 Å². The predicted octanol–water partition coefficient (Wildman–Crippen LogP) is 4.16. The number of carbonyl (C=O) groups is 2. The van der Waals surface area contributed by atoms with Crippen molar-refractivity contribution in [1.82, 2.24) is 9.88 Å². The SMILES string of the molecule is O=C1CC(N2CCc3c([nH]c4ccccc34)C2)C(=O)N1c1ccc(Cl)c(Cl)c1. The largest absolute Gasteiger partial charge is 0.357 e. The molecular weight excluding hydrogens is 397 g/mol. The van der Waals surface area contributed by atoms with Crippen molar-refractivity contribution >= 4 is 51.6 Å². The fourth-order valence-electron chi connectivity index (χ4n) is 4.28. The molecule has 0 bridgehead atoms. The Morgan fingerprint density at radius 3 is 2.68 bits per heavy atom. The van der Waals surface area contributed by atoms with E-state index in [-0.39, 0.29) is 18.2 Å². The van der Waals surface area contributed by atoms with Gasteiger partial charge in [0.1, 0.15) is 0 Å². The van der Waals surface area contributed by atoms with Gasteiger partial charge in [-0.3, -0.25) is 14.5 Å². The van der Waals surface area contributed by atoms with Gasteiger partial charge in [0.2, 0.25) is 5.91 Å². The third-order valence-electron chi connectivity index (χ3n) is 5.64. The van der Waals surface area contributed by atoms with Crippen molar-refractivity contribution in [3.8, 4) is 0 Å². The Morgan fingerprint density at radius 2 is 1.86 bits per heavy atom. The molecule has 3 heterocycles. The first kappa shape index (κ1) is 17.7. The molecule has 2 amide bonds. The molecule has 0 spiro atoms. The van der Waals surface area contributed by atoms with Crippen molar-refractivity contribution in [2.75, 3.05) is 11.4 Å². The van der Waals surface area contributed by atoms with E-state index in [2.05, 4.69) is 22.0 Å². The second kappa shape index (κ2) is 6.62. The van der Waals surface area contributed by atoms with Gasteiger partial charge < -0.3 is 4.98 Å². The molecule has 2 aromatic carbocycles. The van der Waals surface area contributed by atoms with E-state index in [0.717, 1.165) is 24.2 Å². The molecule has 1 aromatic heterocycles. The van der Waals surface area contributed by atoms with Crippen LogP contribution in [0.2, 0.25) is 10.0 Å². The maximum atomic E-state index is 13.1. The van der Waals surface area contributed by atoms with Crippen molar-refractivity contribution < 1.29 is 9.59 Å². The molecule has 5 rings (SSSR count). The van der Waals surface area contributed by atoms with Crippen molar-refractivity contribution in [2.45, 2.75) is 25.4 Å². The van der Waals surface area contributed by atoms with Gasteiger partial charge in [0.25, 0.3) is 5.91 Å². The first-order chi connectivity index (χ1) is 13.5. The number of nitrogens with one attached hydrogen (secondary N) is 1. The minimum atomic E-state index is -0.457. The number of nitrogens with zero attached hydrogens (tertiary/aromatic N) is 2. The van der Waals surface area contributed by atoms with Crippen LogP contribution in [0.15, 0.2) is 42.5 Å². The van der Waals surface area contributed by atoms with Crippen LogP contribution in [0.5, 0.6) is 0 Å². The van der Waals surface area contributed by atoms with Crippen molar-refractivity contribution in [2.24, 2.45) is 0 Å². The summed E-state index contributed by atoms with van der Waals surface area (Å²) in [6.07, 6.45) is 1.03. The Bertz CT molecular complexity index is 1120. The monoisotopic (exact) mass is 413 g/mol. The molecule has 7 heteroatoms. The lowest BCUT2D eigenvalue weighted by Crippen LogP contribution is -2.44. The molecule has 5 nitrogen and oxygen atoms in total. The van der Waals surface area contributed by atoms with Crippen molar-refractivity contribution in [3.63, 3.8) is 0 Å². The fraction of sp³-hybridized carbons (Fsp3) is 0.238. The number of halogens is 2. The second-order valence-corrected chi connectivity index (χ2v) is 8.05. The highest BCUT2D eigenvalue weighted by Crippen LogP contribution is 2.34. The standard InChI is InChI=1S/C21H17Cl2N3O2/c22-15-6-5-12(9-16(15)23)26-20(27)10-19(21(26)28)25-8-7-14-13-3-1-2-4-17(13)24-18(14)11-25/h1-6,9,19,24H,7-8,10-11H2. The first-order valence-corrected chi connectivity index (χ1v) is 9.93. The Labute approximate surface area is 171 Å². The molecule has 1 unspecified atom stereocenters. The van der Waals surface area contributed by atoms with Crippen LogP contribution in [0, 0.1) is 0 Å². The third-order valence-corrected chi connectivity index (χ3v) is 6.38. The first-order valence-electron chi connectivity index (χ1n) is 9.17. The number of amides is 2. The van der Waals surface area contributed by atoms with Gasteiger partial charge in [-0.2, -0.15) is 0 Å². The third kappa shape index (κ3) is 2.73. The van der Waals surface area contributed by atoms with Gasteiger partial charge >= 0.3 is 0 Å². The lowest BCUT2D eigenvalue weighted by molar-refractivity contribution is -0.123. The zero-order valence-corrected chi connectivity index (χ0v) is 16.4. The highest BCUT2D eigenvalue weighted by Gasteiger charge is 2.43. The zero-order chi connectivity index (χ0) is 19.4. The molecule has 142 valence electrons. The topological polar surface area (TPSA) is 56.4 Å². The number of aromatic amines is 1. The summed E-state index contributed by atoms with van der Waals surface area (Å²) in [6.45, 7) is 1.37. The van der Waals surface area contributed by atoms with E-state index >= 15 is 0 Å². The lowest BCUT2D eigenvalue weighted by Gasteiger charge is -2.30. The number of hydrogen-bond donors (Lipinski definition) is 1. The van der Waals surface area contributed by atoms with Crippen LogP contribution in [0.25, 0.3) is 10.9 Å². The van der Waals surface area contributed by atoms with Gasteiger partial charge in [-0.15, -0.1) is 0 Å². The molecule has 28 heavy (non-hydrogen) atoms. The summed E-state index contributed by atoms with van der Waals surface area (Å²) in [7, 11) is 0. The van der Waals surface area contributed by atoms with Gasteiger partial charge in [0.15, 0.2) is 0 Å². The molecule has 1 fully saturated rings. The van der Waals surface area contributed by atoms with Gasteiger partial charge in [-0.05, 0) is 36.2 Å². The van der Waals surface area contributed by atoms with Crippen LogP contribution in [-0.2, 0) is 22.6 Å². The molecule has 0 saturated carbocycles. The van der Waals surface area contributed by atoms with Gasteiger partial charge in [-0.1, -0.05) is 41.4 Å². The zero-order valence-electron chi connectivity index (χ0n) is 14.9. The maximum Gasteiger partial charge on any atom is 0.251 e. The summed E-state index contributed by atoms with van der Waals surface area (Å²) in [5, 5.41) is 1.95. The maximum absolute atomic E-state index is 13.1. The molecular formula is C21H17Cl2N3O2. The summed E-state index contributed by atoms with van der Waals surface area (Å²) in [5.74, 6) is -0.418. The van der Waals surface area contributed by atoms with E-state index in [1.807, 2.05) is 12.1 Å². The molecule has 2 aliphatic rings. The number of fused-ring (bicyclic) bond motifs is 3. The van der Waals surface area contributed by atoms with Crippen LogP contribution < -0.4 is 4.90 Å². The average molecular weight is 414 g/mol. The van der Waals surface area contributed by atoms with Crippen LogP contribution in [0.3, 0.4) is 0 Å². The number of anilines is 1. The quantitative estimate of drug-likeness (QED) is 0.641. The van der Waals surface area contributed by atoms with E-state index in [9.17, 15) is 9.59 Å². The van der Waals surface area contributed by atoms with Gasteiger partial charge in [0, 0.05) is 29.7 Å². The highest BCUT2D eigenvalue weighted by molar-refractivity contribution is 6.42. The predicted molar refractivity (Wildman–Crippen MR) is 110 cm³/mol. The Hall–Kier alpha value is -2.34. The number of rotatable bonds is 2. The molecule has 3 aromatic rings. The molecule has 2 aliphatic heterocycles. The summed E-state index contributed by atoms with van der Waals surface area (Å²) in [5.41, 5.74) is 4.02. The number of hydrogen-bond acceptors (Lipinski definition) is 3. The number of carbonyl (C=O) groups excluding carboxylic acids is 2. The molecule has 0 radical (unpaired) electrons. The van der Waals surface area contributed by atoms with Crippen molar-refractivity contribution in [1.29, 1.82) is 0 Å². The number of aromatic nitrogens is 1. The smallest absolute Gasteiger partial charge is 0.251 e. The molecule has 0 aliphatic carbocycles. The van der Waals surface area contributed by atoms with Crippen LogP contribution in [0.4, 0.5) is 5.69 Å². The second-order valence-electron chi connectivity index (χ2n) is 7.23. The fourth-order valence-corrected chi connectivity index (χ4v) is 4.57. The van der Waals surface area contributed by atoms with Crippen LogP contribution >= 0.6 is 23.2 Å². The van der Waals surface area contributed by atoms with Crippen molar-refractivity contribution in [3.05, 3.63) is 63.8 Å². The minimum absolute atomic E-state index is 0.175. The minimum Gasteiger partial charge on any atom is -0.357 e. The molecule has 1 saturated heterocycles. The lowest BCUT2D eigenvalue weighted by atomic mass is 10.0. The van der Waals surface area contributed by atoms with E-state index in [0.29, 0.717) is 22.3 Å². The van der Waals surface area contributed by atoms with Gasteiger partial charge in [0.05, 0.1) is 28.2 Å².